The summed E-state index contributed by atoms with van der Waals surface area (Å²) in [4.78, 5) is 25.4. The number of para-hydroxylation sites is 1. The second-order valence-electron chi connectivity index (χ2n) is 6.83. The van der Waals surface area contributed by atoms with Gasteiger partial charge in [-0.05, 0) is 48.5 Å². The number of hydrogen-bond donors (Lipinski definition) is 3. The highest BCUT2D eigenvalue weighted by atomic mass is 16.5. The lowest BCUT2D eigenvalue weighted by atomic mass is 10.1. The molecule has 0 bridgehead atoms. The van der Waals surface area contributed by atoms with Gasteiger partial charge in [-0.2, -0.15) is 0 Å². The molecule has 2 aromatic heterocycles. The predicted molar refractivity (Wildman–Crippen MR) is 127 cm³/mol. The zero-order chi connectivity index (χ0) is 23.0. The molecule has 3 N–H and O–H groups in total. The quantitative estimate of drug-likeness (QED) is 0.362. The topological polar surface area (TPSA) is 110 Å². The molecule has 0 saturated heterocycles. The molecule has 0 saturated carbocycles. The molecule has 1 amide bonds. The molecule has 0 fully saturated rings. The van der Waals surface area contributed by atoms with Crippen LogP contribution < -0.4 is 25.4 Å². The monoisotopic (exact) mass is 442 g/mol. The largest absolute Gasteiger partial charge is 0.493 e. The Hall–Kier alpha value is -4.66. The van der Waals surface area contributed by atoms with E-state index in [1.165, 1.54) is 20.5 Å². The number of carbonyl (C=O) groups is 1. The van der Waals surface area contributed by atoms with Gasteiger partial charge in [0.2, 0.25) is 0 Å². The second kappa shape index (κ2) is 10.1. The summed E-state index contributed by atoms with van der Waals surface area (Å²) >= 11 is 0. The van der Waals surface area contributed by atoms with Gasteiger partial charge in [-0.25, -0.2) is 15.0 Å². The van der Waals surface area contributed by atoms with E-state index in [2.05, 4.69) is 30.9 Å². The van der Waals surface area contributed by atoms with Gasteiger partial charge in [0.05, 0.1) is 19.8 Å². The molecule has 166 valence electrons. The molecule has 4 aromatic rings. The minimum atomic E-state index is -0.299. The van der Waals surface area contributed by atoms with Gasteiger partial charge in [-0.3, -0.25) is 4.79 Å². The van der Waals surface area contributed by atoms with Crippen LogP contribution >= 0.6 is 0 Å². The number of nitrogens with zero attached hydrogens (tertiary/aromatic N) is 3. The van der Waals surface area contributed by atoms with Crippen molar-refractivity contribution >= 4 is 34.7 Å². The van der Waals surface area contributed by atoms with Crippen molar-refractivity contribution in [1.82, 2.24) is 15.0 Å². The van der Waals surface area contributed by atoms with Crippen LogP contribution in [-0.2, 0) is 0 Å². The molecule has 0 aliphatic rings. The fourth-order valence-corrected chi connectivity index (χ4v) is 3.11. The molecule has 33 heavy (non-hydrogen) atoms. The van der Waals surface area contributed by atoms with Crippen molar-refractivity contribution in [2.24, 2.45) is 0 Å². The zero-order valence-corrected chi connectivity index (χ0v) is 18.1. The number of pyridine rings is 1. The third kappa shape index (κ3) is 5.34. The summed E-state index contributed by atoms with van der Waals surface area (Å²) in [5.41, 5.74) is 1.82. The van der Waals surface area contributed by atoms with Gasteiger partial charge in [0.1, 0.15) is 23.8 Å². The van der Waals surface area contributed by atoms with E-state index in [4.69, 9.17) is 9.47 Å². The highest BCUT2D eigenvalue weighted by Gasteiger charge is 2.16. The number of benzene rings is 2. The van der Waals surface area contributed by atoms with Crippen molar-refractivity contribution < 1.29 is 14.3 Å². The number of nitrogens with one attached hydrogen (secondary N) is 3. The molecule has 0 aliphatic heterocycles. The maximum Gasteiger partial charge on any atom is 0.259 e. The SMILES string of the molecule is COc1cccc(C(=O)Nc2ccc(Nc3cc(Nc4ccccn4)ncn3)cc2)c1OC. The first kappa shape index (κ1) is 21.6. The van der Waals surface area contributed by atoms with E-state index < -0.39 is 0 Å². The van der Waals surface area contributed by atoms with Crippen LogP contribution in [-0.4, -0.2) is 35.1 Å². The van der Waals surface area contributed by atoms with E-state index in [0.717, 1.165) is 5.69 Å². The lowest BCUT2D eigenvalue weighted by Gasteiger charge is -2.13. The second-order valence-corrected chi connectivity index (χ2v) is 6.83. The normalized spacial score (nSPS) is 10.2. The van der Waals surface area contributed by atoms with Gasteiger partial charge < -0.3 is 25.4 Å². The van der Waals surface area contributed by atoms with E-state index in [1.807, 2.05) is 30.3 Å². The van der Waals surface area contributed by atoms with Gasteiger partial charge in [-0.15, -0.1) is 0 Å². The zero-order valence-electron chi connectivity index (χ0n) is 18.1. The van der Waals surface area contributed by atoms with Crippen molar-refractivity contribution in [3.05, 3.63) is 84.8 Å². The fraction of sp³-hybridized carbons (Fsp3) is 0.0833. The lowest BCUT2D eigenvalue weighted by molar-refractivity contribution is 0.102. The number of carbonyl (C=O) groups excluding carboxylic acids is 1. The molecule has 0 aliphatic carbocycles. The maximum absolute atomic E-state index is 12.7. The summed E-state index contributed by atoms with van der Waals surface area (Å²) in [5.74, 6) is 2.49. The van der Waals surface area contributed by atoms with Crippen molar-refractivity contribution in [3.8, 4) is 11.5 Å². The van der Waals surface area contributed by atoms with Gasteiger partial charge in [0.15, 0.2) is 11.5 Å². The summed E-state index contributed by atoms with van der Waals surface area (Å²) in [6, 6.07) is 19.8. The fourth-order valence-electron chi connectivity index (χ4n) is 3.11. The molecule has 9 heteroatoms. The van der Waals surface area contributed by atoms with Gasteiger partial charge in [0.25, 0.3) is 5.91 Å². The van der Waals surface area contributed by atoms with Crippen LogP contribution in [0, 0.1) is 0 Å². The van der Waals surface area contributed by atoms with E-state index in [9.17, 15) is 4.79 Å². The number of rotatable bonds is 8. The van der Waals surface area contributed by atoms with Crippen LogP contribution in [0.25, 0.3) is 0 Å². The standard InChI is InChI=1S/C24H22N6O3/c1-32-19-7-5-6-18(23(19)33-2)24(31)29-17-11-9-16(10-12-17)28-21-14-22(27-15-26-21)30-20-8-3-4-13-25-20/h3-15H,1-2H3,(H,29,31)(H2,25,26,27,28,30). The Balaban J connectivity index is 1.42. The summed E-state index contributed by atoms with van der Waals surface area (Å²) in [7, 11) is 3.03. The minimum absolute atomic E-state index is 0.299. The Morgan fingerprint density at radius 3 is 2.21 bits per heavy atom. The Labute approximate surface area is 190 Å². The van der Waals surface area contributed by atoms with Crippen molar-refractivity contribution in [1.29, 1.82) is 0 Å². The highest BCUT2D eigenvalue weighted by molar-refractivity contribution is 6.06. The van der Waals surface area contributed by atoms with Gasteiger partial charge >= 0.3 is 0 Å². The minimum Gasteiger partial charge on any atom is -0.493 e. The van der Waals surface area contributed by atoms with Crippen molar-refractivity contribution in [3.63, 3.8) is 0 Å². The number of methoxy groups -OCH3 is 2. The van der Waals surface area contributed by atoms with Crippen molar-refractivity contribution in [2.75, 3.05) is 30.2 Å². The molecule has 0 unspecified atom stereocenters. The van der Waals surface area contributed by atoms with Gasteiger partial charge in [-0.1, -0.05) is 12.1 Å². The molecular weight excluding hydrogens is 420 g/mol. The summed E-state index contributed by atoms with van der Waals surface area (Å²) in [6.07, 6.45) is 3.16. The molecule has 0 spiro atoms. The molecule has 0 radical (unpaired) electrons. The summed E-state index contributed by atoms with van der Waals surface area (Å²) < 4.78 is 10.6. The Morgan fingerprint density at radius 1 is 0.758 bits per heavy atom. The Morgan fingerprint density at radius 2 is 1.52 bits per heavy atom. The first-order chi connectivity index (χ1) is 16.2. The molecule has 0 atom stereocenters. The molecule has 2 heterocycles. The first-order valence-corrected chi connectivity index (χ1v) is 10.1. The number of anilines is 5. The lowest BCUT2D eigenvalue weighted by Crippen LogP contribution is -2.13. The number of aromatic nitrogens is 3. The van der Waals surface area contributed by atoms with Crippen LogP contribution in [0.5, 0.6) is 11.5 Å². The van der Waals surface area contributed by atoms with E-state index in [0.29, 0.717) is 40.2 Å². The Kier molecular flexibility index (Phi) is 6.60. The smallest absolute Gasteiger partial charge is 0.259 e. The summed E-state index contributed by atoms with van der Waals surface area (Å²) in [5, 5.41) is 9.21. The van der Waals surface area contributed by atoms with Crippen LogP contribution in [0.4, 0.5) is 28.8 Å². The van der Waals surface area contributed by atoms with E-state index >= 15 is 0 Å². The van der Waals surface area contributed by atoms with Crippen molar-refractivity contribution in [2.45, 2.75) is 0 Å². The number of hydrogen-bond acceptors (Lipinski definition) is 8. The maximum atomic E-state index is 12.7. The van der Waals surface area contributed by atoms with Crippen LogP contribution in [0.15, 0.2) is 79.3 Å². The summed E-state index contributed by atoms with van der Waals surface area (Å²) in [6.45, 7) is 0. The Bertz CT molecular complexity index is 1230. The molecule has 2 aromatic carbocycles. The van der Waals surface area contributed by atoms with Crippen LogP contribution in [0.1, 0.15) is 10.4 Å². The molecule has 9 nitrogen and oxygen atoms in total. The third-order valence-electron chi connectivity index (χ3n) is 4.65. The number of amides is 1. The van der Waals surface area contributed by atoms with Crippen LogP contribution in [0.2, 0.25) is 0 Å². The molecule has 4 rings (SSSR count). The highest BCUT2D eigenvalue weighted by Crippen LogP contribution is 2.31. The molecular formula is C24H22N6O3. The number of ether oxygens (including phenoxy) is 2. The van der Waals surface area contributed by atoms with Crippen LogP contribution in [0.3, 0.4) is 0 Å². The average Bonchev–Trinajstić information content (AvgIpc) is 2.85. The van der Waals surface area contributed by atoms with E-state index in [-0.39, 0.29) is 5.91 Å². The van der Waals surface area contributed by atoms with Gasteiger partial charge in [0, 0.05) is 23.6 Å². The average molecular weight is 442 g/mol. The van der Waals surface area contributed by atoms with E-state index in [1.54, 1.807) is 42.6 Å². The predicted octanol–water partition coefficient (Wildman–Crippen LogP) is 4.63. The third-order valence-corrected chi connectivity index (χ3v) is 4.65. The first-order valence-electron chi connectivity index (χ1n) is 10.1.